The van der Waals surface area contributed by atoms with Gasteiger partial charge in [-0.2, -0.15) is 0 Å². The van der Waals surface area contributed by atoms with Crippen LogP contribution in [0.15, 0.2) is 60.8 Å². The maximum absolute atomic E-state index is 13.2. The Balaban J connectivity index is 1.36. The Kier molecular flexibility index (Phi) is 4.57. The van der Waals surface area contributed by atoms with E-state index in [1.165, 1.54) is 18.2 Å². The second kappa shape index (κ2) is 7.33. The summed E-state index contributed by atoms with van der Waals surface area (Å²) >= 11 is 0. The maximum atomic E-state index is 13.2. The number of hydrogen-bond donors (Lipinski definition) is 2. The summed E-state index contributed by atoms with van der Waals surface area (Å²) in [6.07, 6.45) is 1.58. The number of ether oxygens (including phenoxy) is 2. The van der Waals surface area contributed by atoms with Crippen molar-refractivity contribution in [2.45, 2.75) is 6.54 Å². The maximum Gasteiger partial charge on any atom is 0.274 e. The Morgan fingerprint density at radius 2 is 1.93 bits per heavy atom. The van der Waals surface area contributed by atoms with E-state index in [0.717, 1.165) is 22.7 Å². The molecule has 1 amide bonds. The number of carbonyl (C=O) groups excluding carboxylic acids is 1. The van der Waals surface area contributed by atoms with Crippen molar-refractivity contribution >= 4 is 17.3 Å². The van der Waals surface area contributed by atoms with Gasteiger partial charge in [-0.25, -0.2) is 9.37 Å². The quantitative estimate of drug-likeness (QED) is 0.719. The highest BCUT2D eigenvalue weighted by atomic mass is 19.1. The molecule has 6 nitrogen and oxygen atoms in total. The third kappa shape index (κ3) is 3.98. The Hall–Kier alpha value is -3.61. The third-order valence-electron chi connectivity index (χ3n) is 4.01. The minimum atomic E-state index is -0.413. The molecule has 0 saturated heterocycles. The highest BCUT2D eigenvalue weighted by Gasteiger charge is 2.13. The summed E-state index contributed by atoms with van der Waals surface area (Å²) in [6.45, 7) is 0.822. The average molecular weight is 365 g/mol. The molecule has 0 aliphatic carbocycles. The summed E-state index contributed by atoms with van der Waals surface area (Å²) in [5, 5.41) is 5.85. The fraction of sp³-hybridized carbons (Fsp3) is 0.100. The topological polar surface area (TPSA) is 72.5 Å². The Bertz CT molecular complexity index is 976. The predicted molar refractivity (Wildman–Crippen MR) is 98.5 cm³/mol. The van der Waals surface area contributed by atoms with E-state index in [9.17, 15) is 9.18 Å². The molecule has 0 bridgehead atoms. The van der Waals surface area contributed by atoms with Gasteiger partial charge in [-0.15, -0.1) is 0 Å². The van der Waals surface area contributed by atoms with Crippen LogP contribution in [-0.4, -0.2) is 17.7 Å². The molecule has 0 spiro atoms. The Morgan fingerprint density at radius 3 is 2.74 bits per heavy atom. The number of nitrogens with one attached hydrogen (secondary N) is 2. The summed E-state index contributed by atoms with van der Waals surface area (Å²) in [7, 11) is 0. The molecule has 3 aromatic rings. The molecular formula is C20H16FN3O3. The molecule has 0 unspecified atom stereocenters. The van der Waals surface area contributed by atoms with Crippen molar-refractivity contribution in [1.29, 1.82) is 0 Å². The Morgan fingerprint density at radius 1 is 1.04 bits per heavy atom. The summed E-state index contributed by atoms with van der Waals surface area (Å²) in [5.74, 6) is 0.664. The number of rotatable bonds is 5. The lowest BCUT2D eigenvalue weighted by atomic mass is 10.2. The van der Waals surface area contributed by atoms with E-state index in [0.29, 0.717) is 12.2 Å². The standard InChI is InChI=1S/C20H16FN3O3/c21-14-2-1-3-15(9-14)24-20(25)17-6-5-16(11-23-17)22-10-13-4-7-18-19(8-13)27-12-26-18/h1-9,11,22H,10,12H2,(H,24,25). The van der Waals surface area contributed by atoms with Crippen LogP contribution in [0, 0.1) is 5.82 Å². The molecule has 2 N–H and O–H groups in total. The number of halogens is 1. The SMILES string of the molecule is O=C(Nc1cccc(F)c1)c1ccc(NCc2ccc3c(c2)OCO3)cn1. The van der Waals surface area contributed by atoms with Crippen molar-refractivity contribution < 1.29 is 18.7 Å². The van der Waals surface area contributed by atoms with Gasteiger partial charge in [0.2, 0.25) is 6.79 Å². The van der Waals surface area contributed by atoms with E-state index in [1.54, 1.807) is 24.4 Å². The molecule has 2 aromatic carbocycles. The fourth-order valence-electron chi connectivity index (χ4n) is 2.65. The number of nitrogens with zero attached hydrogens (tertiary/aromatic N) is 1. The van der Waals surface area contributed by atoms with E-state index in [-0.39, 0.29) is 12.5 Å². The van der Waals surface area contributed by atoms with Gasteiger partial charge in [0.05, 0.1) is 11.9 Å². The van der Waals surface area contributed by atoms with Gasteiger partial charge < -0.3 is 20.1 Å². The van der Waals surface area contributed by atoms with Crippen LogP contribution in [-0.2, 0) is 6.54 Å². The van der Waals surface area contributed by atoms with Gasteiger partial charge in [0.1, 0.15) is 11.5 Å². The Labute approximate surface area is 155 Å². The summed E-state index contributed by atoms with van der Waals surface area (Å²) in [4.78, 5) is 16.3. The lowest BCUT2D eigenvalue weighted by molar-refractivity contribution is 0.102. The van der Waals surface area contributed by atoms with E-state index < -0.39 is 11.7 Å². The monoisotopic (exact) mass is 365 g/mol. The average Bonchev–Trinajstić information content (AvgIpc) is 3.14. The van der Waals surface area contributed by atoms with Crippen molar-refractivity contribution in [3.05, 3.63) is 77.9 Å². The lowest BCUT2D eigenvalue weighted by Gasteiger charge is -2.08. The van der Waals surface area contributed by atoms with Gasteiger partial charge in [0, 0.05) is 12.2 Å². The summed E-state index contributed by atoms with van der Waals surface area (Å²) in [5.41, 5.74) is 2.43. The highest BCUT2D eigenvalue weighted by Crippen LogP contribution is 2.32. The molecule has 2 heterocycles. The van der Waals surface area contributed by atoms with Crippen molar-refractivity contribution in [3.63, 3.8) is 0 Å². The van der Waals surface area contributed by atoms with Crippen LogP contribution in [0.2, 0.25) is 0 Å². The van der Waals surface area contributed by atoms with Crippen molar-refractivity contribution in [2.24, 2.45) is 0 Å². The van der Waals surface area contributed by atoms with Gasteiger partial charge in [0.15, 0.2) is 11.5 Å². The molecule has 0 atom stereocenters. The first-order chi connectivity index (χ1) is 13.2. The van der Waals surface area contributed by atoms with Gasteiger partial charge in [-0.1, -0.05) is 12.1 Å². The van der Waals surface area contributed by atoms with Gasteiger partial charge in [-0.05, 0) is 48.0 Å². The second-order valence-electron chi connectivity index (χ2n) is 5.94. The predicted octanol–water partition coefficient (Wildman–Crippen LogP) is 3.81. The molecule has 27 heavy (non-hydrogen) atoms. The molecule has 1 aliphatic rings. The number of amides is 1. The zero-order valence-corrected chi connectivity index (χ0v) is 14.2. The molecule has 0 fully saturated rings. The number of hydrogen-bond acceptors (Lipinski definition) is 5. The van der Waals surface area contributed by atoms with Crippen molar-refractivity contribution in [2.75, 3.05) is 17.4 Å². The highest BCUT2D eigenvalue weighted by molar-refractivity contribution is 6.02. The second-order valence-corrected chi connectivity index (χ2v) is 5.94. The zero-order chi connectivity index (χ0) is 18.6. The van der Waals surface area contributed by atoms with E-state index in [4.69, 9.17) is 9.47 Å². The van der Waals surface area contributed by atoms with E-state index >= 15 is 0 Å². The number of anilines is 2. The molecule has 7 heteroatoms. The first-order valence-electron chi connectivity index (χ1n) is 8.33. The fourth-order valence-corrected chi connectivity index (χ4v) is 2.65. The number of benzene rings is 2. The molecule has 4 rings (SSSR count). The van der Waals surface area contributed by atoms with Crippen LogP contribution in [0.4, 0.5) is 15.8 Å². The summed E-state index contributed by atoms with van der Waals surface area (Å²) in [6, 6.07) is 14.8. The van der Waals surface area contributed by atoms with Gasteiger partial charge >= 0.3 is 0 Å². The minimum absolute atomic E-state index is 0.243. The molecule has 1 aromatic heterocycles. The van der Waals surface area contributed by atoms with E-state index in [2.05, 4.69) is 15.6 Å². The van der Waals surface area contributed by atoms with Gasteiger partial charge in [0.25, 0.3) is 5.91 Å². The molecular weight excluding hydrogens is 349 g/mol. The summed E-state index contributed by atoms with van der Waals surface area (Å²) < 4.78 is 23.8. The first-order valence-corrected chi connectivity index (χ1v) is 8.33. The van der Waals surface area contributed by atoms with Crippen molar-refractivity contribution in [1.82, 2.24) is 4.98 Å². The largest absolute Gasteiger partial charge is 0.454 e. The smallest absolute Gasteiger partial charge is 0.274 e. The lowest BCUT2D eigenvalue weighted by Crippen LogP contribution is -2.13. The van der Waals surface area contributed by atoms with Crippen LogP contribution in [0.1, 0.15) is 16.1 Å². The van der Waals surface area contributed by atoms with Crippen LogP contribution in [0.5, 0.6) is 11.5 Å². The third-order valence-corrected chi connectivity index (χ3v) is 4.01. The van der Waals surface area contributed by atoms with Crippen LogP contribution < -0.4 is 20.1 Å². The number of carbonyl (C=O) groups is 1. The molecule has 136 valence electrons. The molecule has 0 radical (unpaired) electrons. The number of pyridine rings is 1. The number of fused-ring (bicyclic) bond motifs is 1. The van der Waals surface area contributed by atoms with Crippen LogP contribution in [0.3, 0.4) is 0 Å². The number of aromatic nitrogens is 1. The first kappa shape index (κ1) is 16.8. The zero-order valence-electron chi connectivity index (χ0n) is 14.2. The van der Waals surface area contributed by atoms with Crippen LogP contribution in [0.25, 0.3) is 0 Å². The molecule has 0 saturated carbocycles. The van der Waals surface area contributed by atoms with E-state index in [1.807, 2.05) is 18.2 Å². The van der Waals surface area contributed by atoms with Gasteiger partial charge in [-0.3, -0.25) is 4.79 Å². The normalized spacial score (nSPS) is 11.9. The minimum Gasteiger partial charge on any atom is -0.454 e. The molecule has 1 aliphatic heterocycles. The van der Waals surface area contributed by atoms with Crippen LogP contribution >= 0.6 is 0 Å². The van der Waals surface area contributed by atoms with Crippen molar-refractivity contribution in [3.8, 4) is 11.5 Å².